The first-order valence-electron chi connectivity index (χ1n) is 5.96. The number of carboxylic acid groups (broad SMARTS) is 1. The molecule has 1 heterocycles. The molecule has 2 atom stereocenters. The number of likely N-dealkylation sites (N-methyl/N-ethyl adjacent to an activating group) is 1. The van der Waals surface area contributed by atoms with Gasteiger partial charge in [-0.3, -0.25) is 9.69 Å². The molecule has 0 amide bonds. The Bertz CT molecular complexity index is 346. The molecule has 1 aliphatic carbocycles. The van der Waals surface area contributed by atoms with Crippen molar-refractivity contribution in [3.8, 4) is 6.07 Å². The third-order valence-corrected chi connectivity index (χ3v) is 3.93. The van der Waals surface area contributed by atoms with E-state index in [2.05, 4.69) is 11.0 Å². The highest BCUT2D eigenvalue weighted by atomic mass is 16.5. The molecule has 0 aromatic rings. The highest BCUT2D eigenvalue weighted by molar-refractivity contribution is 5.71. The molecule has 0 aromatic carbocycles. The Morgan fingerprint density at radius 1 is 1.59 bits per heavy atom. The van der Waals surface area contributed by atoms with E-state index in [0.29, 0.717) is 19.6 Å². The van der Waals surface area contributed by atoms with Crippen molar-refractivity contribution >= 4 is 5.97 Å². The van der Waals surface area contributed by atoms with Gasteiger partial charge in [-0.2, -0.15) is 5.26 Å². The van der Waals surface area contributed by atoms with E-state index in [1.165, 1.54) is 0 Å². The summed E-state index contributed by atoms with van der Waals surface area (Å²) in [7, 11) is 1.94. The first-order chi connectivity index (χ1) is 8.08. The number of carboxylic acids is 1. The number of hydrogen-bond donors (Lipinski definition) is 1. The van der Waals surface area contributed by atoms with Crippen LogP contribution in [0.1, 0.15) is 19.3 Å². The van der Waals surface area contributed by atoms with Gasteiger partial charge >= 0.3 is 5.97 Å². The minimum atomic E-state index is -0.788. The molecule has 0 bridgehead atoms. The van der Waals surface area contributed by atoms with Crippen molar-refractivity contribution in [3.63, 3.8) is 0 Å². The lowest BCUT2D eigenvalue weighted by Gasteiger charge is -2.29. The maximum absolute atomic E-state index is 11.1. The van der Waals surface area contributed by atoms with Gasteiger partial charge in [0, 0.05) is 19.0 Å². The van der Waals surface area contributed by atoms with E-state index in [1.807, 2.05) is 7.05 Å². The average molecular weight is 238 g/mol. The van der Waals surface area contributed by atoms with Crippen LogP contribution in [0.4, 0.5) is 0 Å². The first kappa shape index (κ1) is 12.3. The van der Waals surface area contributed by atoms with Crippen LogP contribution in [-0.4, -0.2) is 48.8 Å². The summed E-state index contributed by atoms with van der Waals surface area (Å²) in [4.78, 5) is 13.1. The smallest absolute Gasteiger partial charge is 0.310 e. The topological polar surface area (TPSA) is 73.6 Å². The third-order valence-electron chi connectivity index (χ3n) is 3.93. The Labute approximate surface area is 101 Å². The molecule has 0 spiro atoms. The van der Waals surface area contributed by atoms with Crippen LogP contribution in [0.5, 0.6) is 0 Å². The van der Waals surface area contributed by atoms with Crippen molar-refractivity contribution in [1.82, 2.24) is 4.90 Å². The highest BCUT2D eigenvalue weighted by Crippen LogP contribution is 2.49. The van der Waals surface area contributed by atoms with Gasteiger partial charge in [-0.1, -0.05) is 0 Å². The average Bonchev–Trinajstić information content (AvgIpc) is 2.82. The van der Waals surface area contributed by atoms with Crippen LogP contribution in [0.15, 0.2) is 0 Å². The molecule has 1 N–H and O–H groups in total. The molecular weight excluding hydrogens is 220 g/mol. The van der Waals surface area contributed by atoms with Crippen molar-refractivity contribution in [2.75, 3.05) is 26.8 Å². The summed E-state index contributed by atoms with van der Waals surface area (Å²) in [5, 5.41) is 17.9. The zero-order chi connectivity index (χ0) is 12.5. The summed E-state index contributed by atoms with van der Waals surface area (Å²) >= 11 is 0. The lowest BCUT2D eigenvalue weighted by molar-refractivity contribution is -0.143. The van der Waals surface area contributed by atoms with Crippen LogP contribution in [-0.2, 0) is 9.53 Å². The monoisotopic (exact) mass is 238 g/mol. The fourth-order valence-corrected chi connectivity index (χ4v) is 2.59. The molecule has 0 aromatic heterocycles. The van der Waals surface area contributed by atoms with Crippen molar-refractivity contribution in [2.45, 2.75) is 25.3 Å². The van der Waals surface area contributed by atoms with Gasteiger partial charge in [-0.05, 0) is 25.3 Å². The summed E-state index contributed by atoms with van der Waals surface area (Å²) in [6.45, 7) is 1.59. The molecule has 1 aliphatic heterocycles. The van der Waals surface area contributed by atoms with Gasteiger partial charge in [0.2, 0.25) is 0 Å². The molecule has 17 heavy (non-hydrogen) atoms. The second-order valence-corrected chi connectivity index (χ2v) is 5.30. The number of rotatable bonds is 5. The maximum Gasteiger partial charge on any atom is 0.310 e. The summed E-state index contributed by atoms with van der Waals surface area (Å²) in [5.74, 6) is -1.22. The van der Waals surface area contributed by atoms with Crippen molar-refractivity contribution < 1.29 is 14.6 Å². The second-order valence-electron chi connectivity index (χ2n) is 5.30. The molecule has 2 aliphatic rings. The fraction of sp³-hybridized carbons (Fsp3) is 0.833. The predicted molar refractivity (Wildman–Crippen MR) is 60.3 cm³/mol. The molecule has 5 heteroatoms. The van der Waals surface area contributed by atoms with Gasteiger partial charge in [0.25, 0.3) is 0 Å². The molecule has 2 unspecified atom stereocenters. The van der Waals surface area contributed by atoms with E-state index in [1.54, 1.807) is 0 Å². The van der Waals surface area contributed by atoms with E-state index >= 15 is 0 Å². The molecule has 1 saturated carbocycles. The lowest BCUT2D eigenvalue weighted by Crippen LogP contribution is -2.43. The van der Waals surface area contributed by atoms with Crippen LogP contribution in [0.2, 0.25) is 0 Å². The maximum atomic E-state index is 11.1. The van der Waals surface area contributed by atoms with Gasteiger partial charge in [-0.25, -0.2) is 0 Å². The Kier molecular flexibility index (Phi) is 3.36. The number of carbonyl (C=O) groups is 1. The minimum absolute atomic E-state index is 0.0522. The Morgan fingerprint density at radius 2 is 2.29 bits per heavy atom. The van der Waals surface area contributed by atoms with Gasteiger partial charge in [0.15, 0.2) is 0 Å². The van der Waals surface area contributed by atoms with Gasteiger partial charge in [0.05, 0.1) is 25.2 Å². The normalized spacial score (nSPS) is 30.2. The number of aliphatic carboxylic acids is 1. The fourth-order valence-electron chi connectivity index (χ4n) is 2.59. The van der Waals surface area contributed by atoms with Gasteiger partial charge < -0.3 is 9.84 Å². The summed E-state index contributed by atoms with van der Waals surface area (Å²) < 4.78 is 5.26. The van der Waals surface area contributed by atoms with Crippen LogP contribution in [0.25, 0.3) is 0 Å². The quantitative estimate of drug-likeness (QED) is 0.763. The largest absolute Gasteiger partial charge is 0.481 e. The second kappa shape index (κ2) is 4.63. The van der Waals surface area contributed by atoms with E-state index in [-0.39, 0.29) is 11.5 Å². The molecule has 2 rings (SSSR count). The van der Waals surface area contributed by atoms with Crippen LogP contribution in [0.3, 0.4) is 0 Å². The first-order valence-corrected chi connectivity index (χ1v) is 5.96. The number of hydrogen-bond acceptors (Lipinski definition) is 4. The molecule has 1 saturated heterocycles. The van der Waals surface area contributed by atoms with E-state index in [9.17, 15) is 4.79 Å². The van der Waals surface area contributed by atoms with E-state index in [4.69, 9.17) is 15.1 Å². The zero-order valence-corrected chi connectivity index (χ0v) is 10.1. The van der Waals surface area contributed by atoms with E-state index < -0.39 is 11.9 Å². The summed E-state index contributed by atoms with van der Waals surface area (Å²) in [6.07, 6.45) is 2.73. The molecule has 94 valence electrons. The minimum Gasteiger partial charge on any atom is -0.481 e. The number of nitriles is 1. The zero-order valence-electron chi connectivity index (χ0n) is 10.1. The molecule has 0 radical (unpaired) electrons. The third kappa shape index (κ3) is 2.59. The van der Waals surface area contributed by atoms with Gasteiger partial charge in [-0.15, -0.1) is 0 Å². The predicted octanol–water partition coefficient (Wildman–Crippen LogP) is 0.712. The summed E-state index contributed by atoms with van der Waals surface area (Å²) in [6, 6.07) is 2.17. The Balaban J connectivity index is 1.94. The molecule has 5 nitrogen and oxygen atoms in total. The molecule has 2 fully saturated rings. The number of nitrogens with zero attached hydrogens (tertiary/aromatic N) is 2. The highest BCUT2D eigenvalue weighted by Gasteiger charge is 2.46. The van der Waals surface area contributed by atoms with Crippen LogP contribution < -0.4 is 0 Å². The SMILES string of the molecule is CN(CC1(CC#N)CC1)C1COCC1C(=O)O. The van der Waals surface area contributed by atoms with Crippen LogP contribution >= 0.6 is 0 Å². The Hall–Kier alpha value is -1.12. The van der Waals surface area contributed by atoms with Gasteiger partial charge in [0.1, 0.15) is 0 Å². The lowest BCUT2D eigenvalue weighted by atomic mass is 9.98. The summed E-state index contributed by atoms with van der Waals surface area (Å²) in [5.41, 5.74) is 0.120. The Morgan fingerprint density at radius 3 is 2.82 bits per heavy atom. The number of ether oxygens (including phenoxy) is 1. The van der Waals surface area contributed by atoms with Crippen molar-refractivity contribution in [3.05, 3.63) is 0 Å². The van der Waals surface area contributed by atoms with E-state index in [0.717, 1.165) is 19.4 Å². The van der Waals surface area contributed by atoms with Crippen molar-refractivity contribution in [2.24, 2.45) is 11.3 Å². The molecular formula is C12H18N2O3. The standard InChI is InChI=1S/C12H18N2O3/c1-14(8-12(2-3-12)4-5-13)10-7-17-6-9(10)11(15)16/h9-10H,2-4,6-8H2,1H3,(H,15,16). The van der Waals surface area contributed by atoms with Crippen LogP contribution in [0, 0.1) is 22.7 Å². The van der Waals surface area contributed by atoms with Crippen molar-refractivity contribution in [1.29, 1.82) is 5.26 Å².